The van der Waals surface area contributed by atoms with Crippen LogP contribution >= 0.6 is 34.5 Å². The molecule has 1 amide bonds. The highest BCUT2D eigenvalue weighted by Gasteiger charge is 2.16. The second kappa shape index (κ2) is 7.51. The Labute approximate surface area is 149 Å². The molecule has 0 unspecified atom stereocenters. The number of hydrogen-bond donors (Lipinski definition) is 1. The highest BCUT2D eigenvalue weighted by Crippen LogP contribution is 2.24. The van der Waals surface area contributed by atoms with Crippen molar-refractivity contribution in [2.24, 2.45) is 0 Å². The molecule has 0 saturated carbocycles. The van der Waals surface area contributed by atoms with Crippen LogP contribution in [0.5, 0.6) is 0 Å². The molecular formula is C16H17Cl2N3OS. The maximum absolute atomic E-state index is 12.1. The Bertz CT molecular complexity index is 698. The molecule has 1 aromatic heterocycles. The molecule has 1 aliphatic rings. The number of anilines is 1. The Morgan fingerprint density at radius 1 is 1.30 bits per heavy atom. The summed E-state index contributed by atoms with van der Waals surface area (Å²) in [6, 6.07) is 4.86. The van der Waals surface area contributed by atoms with Crippen LogP contribution in [0.1, 0.15) is 28.9 Å². The second-order valence-electron chi connectivity index (χ2n) is 5.45. The Morgan fingerprint density at radius 3 is 2.83 bits per heavy atom. The van der Waals surface area contributed by atoms with Crippen molar-refractivity contribution in [1.82, 2.24) is 10.3 Å². The molecule has 0 atom stereocenters. The van der Waals surface area contributed by atoms with E-state index in [1.165, 1.54) is 12.8 Å². The summed E-state index contributed by atoms with van der Waals surface area (Å²) in [5.74, 6) is -0.193. The zero-order valence-electron chi connectivity index (χ0n) is 12.5. The number of rotatable bonds is 5. The Kier molecular flexibility index (Phi) is 5.41. The molecule has 0 bridgehead atoms. The quantitative estimate of drug-likeness (QED) is 0.865. The fourth-order valence-corrected chi connectivity index (χ4v) is 3.95. The third-order valence-corrected chi connectivity index (χ3v) is 5.26. The lowest BCUT2D eigenvalue weighted by atomic mass is 10.2. The molecule has 0 spiro atoms. The summed E-state index contributed by atoms with van der Waals surface area (Å²) in [6.45, 7) is 2.72. The van der Waals surface area contributed by atoms with Crippen LogP contribution in [0.15, 0.2) is 23.6 Å². The molecule has 1 N–H and O–H groups in total. The van der Waals surface area contributed by atoms with Crippen molar-refractivity contribution < 1.29 is 4.79 Å². The maximum atomic E-state index is 12.1. The molecule has 1 aromatic carbocycles. The molecule has 3 rings (SSSR count). The van der Waals surface area contributed by atoms with Crippen molar-refractivity contribution in [2.45, 2.75) is 19.3 Å². The molecular weight excluding hydrogens is 353 g/mol. The minimum absolute atomic E-state index is 0.193. The summed E-state index contributed by atoms with van der Waals surface area (Å²) in [5.41, 5.74) is 1.45. The molecule has 4 nitrogen and oxygen atoms in total. The van der Waals surface area contributed by atoms with E-state index >= 15 is 0 Å². The number of nitrogens with zero attached hydrogens (tertiary/aromatic N) is 2. The van der Waals surface area contributed by atoms with Crippen molar-refractivity contribution in [2.75, 3.05) is 24.5 Å². The molecule has 0 aliphatic carbocycles. The Morgan fingerprint density at radius 2 is 2.09 bits per heavy atom. The van der Waals surface area contributed by atoms with Crippen LogP contribution < -0.4 is 10.2 Å². The average Bonchev–Trinajstić information content (AvgIpc) is 3.18. The first kappa shape index (κ1) is 16.6. The molecule has 2 aromatic rings. The number of halogens is 2. The summed E-state index contributed by atoms with van der Waals surface area (Å²) in [4.78, 5) is 19.1. The van der Waals surface area contributed by atoms with Crippen LogP contribution in [-0.4, -0.2) is 30.5 Å². The minimum atomic E-state index is -0.193. The van der Waals surface area contributed by atoms with Crippen molar-refractivity contribution in [3.05, 3.63) is 44.9 Å². The van der Waals surface area contributed by atoms with Gasteiger partial charge in [0.2, 0.25) is 0 Å². The standard InChI is InChI=1S/C16H17Cl2N3OS/c17-11-3-4-13(14(18)9-11)15(22)19-6-5-12-10-23-16(20-12)21-7-1-2-8-21/h3-4,9-10H,1-2,5-8H2,(H,19,22). The van der Waals surface area contributed by atoms with Gasteiger partial charge in [-0.05, 0) is 31.0 Å². The first-order valence-electron chi connectivity index (χ1n) is 7.56. The number of hydrogen-bond acceptors (Lipinski definition) is 4. The summed E-state index contributed by atoms with van der Waals surface area (Å²) >= 11 is 13.5. The zero-order chi connectivity index (χ0) is 16.2. The number of carbonyl (C=O) groups is 1. The van der Waals surface area contributed by atoms with Crippen LogP contribution in [0.3, 0.4) is 0 Å². The predicted octanol–water partition coefficient (Wildman–Crippen LogP) is 4.02. The van der Waals surface area contributed by atoms with Crippen LogP contribution in [0.25, 0.3) is 0 Å². The van der Waals surface area contributed by atoms with Gasteiger partial charge in [-0.15, -0.1) is 11.3 Å². The van der Waals surface area contributed by atoms with Gasteiger partial charge in [0.1, 0.15) is 0 Å². The van der Waals surface area contributed by atoms with Crippen molar-refractivity contribution in [3.63, 3.8) is 0 Å². The summed E-state index contributed by atoms with van der Waals surface area (Å²) in [5, 5.41) is 6.90. The smallest absolute Gasteiger partial charge is 0.252 e. The number of amides is 1. The third kappa shape index (κ3) is 4.16. The minimum Gasteiger partial charge on any atom is -0.352 e. The predicted molar refractivity (Wildman–Crippen MR) is 96.1 cm³/mol. The normalized spacial score (nSPS) is 14.3. The molecule has 1 saturated heterocycles. The first-order valence-corrected chi connectivity index (χ1v) is 9.19. The molecule has 7 heteroatoms. The number of aromatic nitrogens is 1. The Hall–Kier alpha value is -1.30. The van der Waals surface area contributed by atoms with Gasteiger partial charge in [-0.3, -0.25) is 4.79 Å². The summed E-state index contributed by atoms with van der Waals surface area (Å²) in [6.07, 6.45) is 3.20. The first-order chi connectivity index (χ1) is 11.1. The summed E-state index contributed by atoms with van der Waals surface area (Å²) in [7, 11) is 0. The van der Waals surface area contributed by atoms with E-state index in [9.17, 15) is 4.79 Å². The number of thiazole rings is 1. The van der Waals surface area contributed by atoms with Crippen LogP contribution in [0, 0.1) is 0 Å². The topological polar surface area (TPSA) is 45.2 Å². The lowest BCUT2D eigenvalue weighted by Crippen LogP contribution is -2.26. The van der Waals surface area contributed by atoms with E-state index in [-0.39, 0.29) is 5.91 Å². The van der Waals surface area contributed by atoms with E-state index in [0.29, 0.717) is 28.6 Å². The molecule has 1 fully saturated rings. The van der Waals surface area contributed by atoms with Gasteiger partial charge >= 0.3 is 0 Å². The Balaban J connectivity index is 1.52. The van der Waals surface area contributed by atoms with Gasteiger partial charge in [-0.2, -0.15) is 0 Å². The van der Waals surface area contributed by atoms with E-state index in [0.717, 1.165) is 23.9 Å². The monoisotopic (exact) mass is 369 g/mol. The largest absolute Gasteiger partial charge is 0.352 e. The second-order valence-corrected chi connectivity index (χ2v) is 7.13. The van der Waals surface area contributed by atoms with Crippen LogP contribution in [0.2, 0.25) is 10.0 Å². The third-order valence-electron chi connectivity index (χ3n) is 3.76. The fraction of sp³-hybridized carbons (Fsp3) is 0.375. The van der Waals surface area contributed by atoms with E-state index in [1.807, 2.05) is 0 Å². The lowest BCUT2D eigenvalue weighted by Gasteiger charge is -2.12. The van der Waals surface area contributed by atoms with Crippen molar-refractivity contribution in [3.8, 4) is 0 Å². The van der Waals surface area contributed by atoms with E-state index < -0.39 is 0 Å². The molecule has 0 radical (unpaired) electrons. The number of carbonyl (C=O) groups excluding carboxylic acids is 1. The highest BCUT2D eigenvalue weighted by molar-refractivity contribution is 7.13. The number of benzene rings is 1. The SMILES string of the molecule is O=C(NCCc1csc(N2CCCC2)n1)c1ccc(Cl)cc1Cl. The van der Waals surface area contributed by atoms with Crippen molar-refractivity contribution >= 4 is 45.6 Å². The summed E-state index contributed by atoms with van der Waals surface area (Å²) < 4.78 is 0. The molecule has 23 heavy (non-hydrogen) atoms. The van der Waals surface area contributed by atoms with Gasteiger partial charge in [0.05, 0.1) is 16.3 Å². The van der Waals surface area contributed by atoms with E-state index in [2.05, 4.69) is 20.6 Å². The van der Waals surface area contributed by atoms with Gasteiger partial charge in [0.15, 0.2) is 5.13 Å². The zero-order valence-corrected chi connectivity index (χ0v) is 14.8. The lowest BCUT2D eigenvalue weighted by molar-refractivity contribution is 0.0954. The van der Waals surface area contributed by atoms with Gasteiger partial charge in [0.25, 0.3) is 5.91 Å². The van der Waals surface area contributed by atoms with Crippen molar-refractivity contribution in [1.29, 1.82) is 0 Å². The highest BCUT2D eigenvalue weighted by atomic mass is 35.5. The van der Waals surface area contributed by atoms with Gasteiger partial charge in [-0.1, -0.05) is 23.2 Å². The molecule has 1 aliphatic heterocycles. The average molecular weight is 370 g/mol. The van der Waals surface area contributed by atoms with Crippen LogP contribution in [-0.2, 0) is 6.42 Å². The van der Waals surface area contributed by atoms with Gasteiger partial charge in [-0.25, -0.2) is 4.98 Å². The fourth-order valence-electron chi connectivity index (χ4n) is 2.54. The van der Waals surface area contributed by atoms with Crippen LogP contribution in [0.4, 0.5) is 5.13 Å². The number of nitrogens with one attached hydrogen (secondary N) is 1. The van der Waals surface area contributed by atoms with E-state index in [1.54, 1.807) is 29.5 Å². The molecule has 122 valence electrons. The molecule has 2 heterocycles. The van der Waals surface area contributed by atoms with E-state index in [4.69, 9.17) is 23.2 Å². The van der Waals surface area contributed by atoms with Gasteiger partial charge < -0.3 is 10.2 Å². The van der Waals surface area contributed by atoms with Gasteiger partial charge in [0, 0.05) is 36.5 Å². The maximum Gasteiger partial charge on any atom is 0.252 e.